The molecule has 8 heteroatoms. The monoisotopic (exact) mass is 316 g/mol. The van der Waals surface area contributed by atoms with Gasteiger partial charge in [-0.15, -0.1) is 0 Å². The Labute approximate surface area is 134 Å². The fraction of sp³-hybridized carbons (Fsp3) is 0.467. The van der Waals surface area contributed by atoms with E-state index < -0.39 is 6.04 Å². The van der Waals surface area contributed by atoms with Gasteiger partial charge in [0.1, 0.15) is 24.5 Å². The van der Waals surface area contributed by atoms with Crippen LogP contribution < -0.4 is 10.2 Å². The first-order valence-corrected chi connectivity index (χ1v) is 7.63. The molecule has 0 aliphatic carbocycles. The number of anilines is 1. The summed E-state index contributed by atoms with van der Waals surface area (Å²) >= 11 is 0. The Hall–Kier alpha value is -2.48. The molecule has 1 N–H and O–H groups in total. The Morgan fingerprint density at radius 3 is 3.00 bits per heavy atom. The molecular formula is C15H20N6O2. The van der Waals surface area contributed by atoms with Crippen LogP contribution in [0.3, 0.4) is 0 Å². The highest BCUT2D eigenvalue weighted by molar-refractivity contribution is 5.79. The average molecular weight is 316 g/mol. The summed E-state index contributed by atoms with van der Waals surface area (Å²) in [5.74, 6) is 0.824. The SMILES string of the molecule is CC(C(=O)NCc1ccnc(N2CCOCC2)c1)n1cncn1. The van der Waals surface area contributed by atoms with E-state index in [9.17, 15) is 4.79 Å². The number of morpholine rings is 1. The maximum Gasteiger partial charge on any atom is 0.244 e. The minimum Gasteiger partial charge on any atom is -0.378 e. The van der Waals surface area contributed by atoms with Gasteiger partial charge in [0.15, 0.2) is 0 Å². The second kappa shape index (κ2) is 7.19. The van der Waals surface area contributed by atoms with E-state index in [0.29, 0.717) is 6.54 Å². The van der Waals surface area contributed by atoms with E-state index in [1.807, 2.05) is 12.1 Å². The highest BCUT2D eigenvalue weighted by atomic mass is 16.5. The van der Waals surface area contributed by atoms with Crippen molar-refractivity contribution in [3.63, 3.8) is 0 Å². The van der Waals surface area contributed by atoms with E-state index in [0.717, 1.165) is 37.7 Å². The quantitative estimate of drug-likeness (QED) is 0.859. The number of carbonyl (C=O) groups is 1. The number of ether oxygens (including phenoxy) is 1. The summed E-state index contributed by atoms with van der Waals surface area (Å²) in [4.78, 5) is 22.6. The molecule has 1 amide bonds. The predicted molar refractivity (Wildman–Crippen MR) is 83.8 cm³/mol. The van der Waals surface area contributed by atoms with E-state index in [4.69, 9.17) is 4.74 Å². The Morgan fingerprint density at radius 2 is 2.26 bits per heavy atom. The van der Waals surface area contributed by atoms with Gasteiger partial charge in [-0.1, -0.05) is 0 Å². The lowest BCUT2D eigenvalue weighted by Gasteiger charge is -2.28. The summed E-state index contributed by atoms with van der Waals surface area (Å²) in [5, 5.41) is 6.90. The van der Waals surface area contributed by atoms with Crippen LogP contribution >= 0.6 is 0 Å². The largest absolute Gasteiger partial charge is 0.378 e. The molecule has 1 atom stereocenters. The van der Waals surface area contributed by atoms with Crippen LogP contribution in [0.1, 0.15) is 18.5 Å². The number of nitrogens with zero attached hydrogens (tertiary/aromatic N) is 5. The van der Waals surface area contributed by atoms with Gasteiger partial charge in [0.25, 0.3) is 0 Å². The van der Waals surface area contributed by atoms with Crippen molar-refractivity contribution in [2.75, 3.05) is 31.2 Å². The number of carbonyl (C=O) groups excluding carboxylic acids is 1. The van der Waals surface area contributed by atoms with Crippen molar-refractivity contribution >= 4 is 11.7 Å². The second-order valence-corrected chi connectivity index (χ2v) is 5.39. The summed E-state index contributed by atoms with van der Waals surface area (Å²) in [6.07, 6.45) is 4.72. The summed E-state index contributed by atoms with van der Waals surface area (Å²) in [6.45, 7) is 5.36. The molecule has 0 aromatic carbocycles. The van der Waals surface area contributed by atoms with Gasteiger partial charge in [0.05, 0.1) is 13.2 Å². The predicted octanol–water partition coefficient (Wildman–Crippen LogP) is 0.387. The van der Waals surface area contributed by atoms with Gasteiger partial charge >= 0.3 is 0 Å². The molecule has 3 rings (SSSR count). The fourth-order valence-corrected chi connectivity index (χ4v) is 2.41. The lowest BCUT2D eigenvalue weighted by Crippen LogP contribution is -2.36. The van der Waals surface area contributed by atoms with Crippen molar-refractivity contribution in [2.45, 2.75) is 19.5 Å². The highest BCUT2D eigenvalue weighted by Crippen LogP contribution is 2.14. The number of hydrogen-bond donors (Lipinski definition) is 1. The van der Waals surface area contributed by atoms with Crippen molar-refractivity contribution in [3.05, 3.63) is 36.5 Å². The van der Waals surface area contributed by atoms with Crippen molar-refractivity contribution in [1.82, 2.24) is 25.1 Å². The molecule has 1 aliphatic heterocycles. The van der Waals surface area contributed by atoms with Crippen molar-refractivity contribution < 1.29 is 9.53 Å². The van der Waals surface area contributed by atoms with Crippen LogP contribution in [0.5, 0.6) is 0 Å². The third-order valence-corrected chi connectivity index (χ3v) is 3.82. The summed E-state index contributed by atoms with van der Waals surface area (Å²) in [6, 6.07) is 3.52. The maximum atomic E-state index is 12.2. The van der Waals surface area contributed by atoms with Crippen LogP contribution in [0.15, 0.2) is 31.0 Å². The molecule has 1 unspecified atom stereocenters. The first kappa shape index (κ1) is 15.4. The molecule has 3 heterocycles. The van der Waals surface area contributed by atoms with Crippen LogP contribution in [0.2, 0.25) is 0 Å². The van der Waals surface area contributed by atoms with E-state index in [1.165, 1.54) is 17.3 Å². The first-order valence-electron chi connectivity index (χ1n) is 7.63. The topological polar surface area (TPSA) is 85.2 Å². The zero-order valence-corrected chi connectivity index (χ0v) is 13.1. The molecular weight excluding hydrogens is 296 g/mol. The molecule has 1 aliphatic rings. The Bertz CT molecular complexity index is 639. The van der Waals surface area contributed by atoms with Gasteiger partial charge in [-0.3, -0.25) is 4.79 Å². The molecule has 2 aromatic rings. The maximum absolute atomic E-state index is 12.2. The van der Waals surface area contributed by atoms with Gasteiger partial charge in [0.2, 0.25) is 5.91 Å². The highest BCUT2D eigenvalue weighted by Gasteiger charge is 2.16. The molecule has 0 spiro atoms. The van der Waals surface area contributed by atoms with Crippen molar-refractivity contribution in [1.29, 1.82) is 0 Å². The van der Waals surface area contributed by atoms with Crippen LogP contribution in [0.25, 0.3) is 0 Å². The minimum atomic E-state index is -0.391. The lowest BCUT2D eigenvalue weighted by atomic mass is 10.2. The minimum absolute atomic E-state index is 0.0970. The van der Waals surface area contributed by atoms with E-state index >= 15 is 0 Å². The number of rotatable bonds is 5. The van der Waals surface area contributed by atoms with Crippen LogP contribution in [-0.4, -0.2) is 52.0 Å². The third kappa shape index (κ3) is 3.84. The fourth-order valence-electron chi connectivity index (χ4n) is 2.41. The van der Waals surface area contributed by atoms with Gasteiger partial charge < -0.3 is 15.0 Å². The van der Waals surface area contributed by atoms with Gasteiger partial charge in [0, 0.05) is 25.8 Å². The number of aromatic nitrogens is 4. The number of nitrogens with one attached hydrogen (secondary N) is 1. The zero-order valence-electron chi connectivity index (χ0n) is 13.1. The Balaban J connectivity index is 1.58. The molecule has 1 saturated heterocycles. The average Bonchev–Trinajstić information content (AvgIpc) is 3.14. The van der Waals surface area contributed by atoms with Crippen LogP contribution in [0.4, 0.5) is 5.82 Å². The normalized spacial score (nSPS) is 16.1. The first-order chi connectivity index (χ1) is 11.2. The summed E-state index contributed by atoms with van der Waals surface area (Å²) in [5.41, 5.74) is 1.01. The number of amides is 1. The molecule has 1 fully saturated rings. The summed E-state index contributed by atoms with van der Waals surface area (Å²) < 4.78 is 6.88. The Morgan fingerprint density at radius 1 is 1.43 bits per heavy atom. The van der Waals surface area contributed by atoms with Crippen molar-refractivity contribution in [3.8, 4) is 0 Å². The van der Waals surface area contributed by atoms with E-state index in [1.54, 1.807) is 13.1 Å². The lowest BCUT2D eigenvalue weighted by molar-refractivity contribution is -0.124. The van der Waals surface area contributed by atoms with Crippen LogP contribution in [0, 0.1) is 0 Å². The smallest absolute Gasteiger partial charge is 0.244 e. The molecule has 0 bridgehead atoms. The standard InChI is InChI=1S/C15H20N6O2/c1-12(21-11-16-10-19-21)15(22)18-9-13-2-3-17-14(8-13)20-4-6-23-7-5-20/h2-3,8,10-12H,4-7,9H2,1H3,(H,18,22). The van der Waals surface area contributed by atoms with E-state index in [2.05, 4.69) is 25.3 Å². The van der Waals surface area contributed by atoms with E-state index in [-0.39, 0.29) is 5.91 Å². The molecule has 2 aromatic heterocycles. The molecule has 122 valence electrons. The van der Waals surface area contributed by atoms with Gasteiger partial charge in [-0.05, 0) is 24.6 Å². The number of hydrogen-bond acceptors (Lipinski definition) is 6. The molecule has 0 radical (unpaired) electrons. The second-order valence-electron chi connectivity index (χ2n) is 5.39. The molecule has 8 nitrogen and oxygen atoms in total. The van der Waals surface area contributed by atoms with Gasteiger partial charge in [-0.25, -0.2) is 14.6 Å². The summed E-state index contributed by atoms with van der Waals surface area (Å²) in [7, 11) is 0. The molecule has 0 saturated carbocycles. The number of pyridine rings is 1. The third-order valence-electron chi connectivity index (χ3n) is 3.82. The van der Waals surface area contributed by atoms with Crippen LogP contribution in [-0.2, 0) is 16.1 Å². The van der Waals surface area contributed by atoms with Gasteiger partial charge in [-0.2, -0.15) is 5.10 Å². The zero-order chi connectivity index (χ0) is 16.1. The molecule has 23 heavy (non-hydrogen) atoms. The van der Waals surface area contributed by atoms with Crippen molar-refractivity contribution in [2.24, 2.45) is 0 Å². The Kier molecular flexibility index (Phi) is 4.82.